The van der Waals surface area contributed by atoms with Gasteiger partial charge in [0.05, 0.1) is 0 Å². The van der Waals surface area contributed by atoms with Crippen LogP contribution in [0.4, 0.5) is 0 Å². The Kier molecular flexibility index (Phi) is 4.42. The van der Waals surface area contributed by atoms with E-state index < -0.39 is 0 Å². The second kappa shape index (κ2) is 6.28. The lowest BCUT2D eigenvalue weighted by atomic mass is 9.91. The lowest BCUT2D eigenvalue weighted by Crippen LogP contribution is -2.50. The highest BCUT2D eigenvalue weighted by atomic mass is 15.2. The van der Waals surface area contributed by atoms with Crippen LogP contribution in [0.3, 0.4) is 0 Å². The first-order valence-corrected chi connectivity index (χ1v) is 8.31. The number of aryl methyl sites for hydroxylation is 1. The molecule has 2 saturated heterocycles. The molecule has 3 rings (SSSR count). The van der Waals surface area contributed by atoms with Crippen molar-refractivity contribution in [3.63, 3.8) is 0 Å². The first-order chi connectivity index (χ1) is 9.75. The van der Waals surface area contributed by atoms with Crippen LogP contribution < -0.4 is 5.32 Å². The summed E-state index contributed by atoms with van der Waals surface area (Å²) in [5, 5.41) is 3.73. The maximum Gasteiger partial charge on any atom is 0.0323 e. The molecule has 110 valence electrons. The molecule has 1 aromatic rings. The Labute approximate surface area is 123 Å². The van der Waals surface area contributed by atoms with Crippen molar-refractivity contribution in [2.75, 3.05) is 13.1 Å². The van der Waals surface area contributed by atoms with Gasteiger partial charge in [0.2, 0.25) is 0 Å². The number of hydrogen-bond donors (Lipinski definition) is 1. The zero-order valence-electron chi connectivity index (χ0n) is 12.9. The van der Waals surface area contributed by atoms with E-state index in [4.69, 9.17) is 0 Å². The van der Waals surface area contributed by atoms with E-state index in [0.29, 0.717) is 6.04 Å². The normalized spacial score (nSPS) is 29.5. The number of hydrogen-bond acceptors (Lipinski definition) is 2. The van der Waals surface area contributed by atoms with Crippen molar-refractivity contribution in [3.8, 4) is 0 Å². The minimum absolute atomic E-state index is 0.545. The van der Waals surface area contributed by atoms with Gasteiger partial charge in [-0.2, -0.15) is 0 Å². The van der Waals surface area contributed by atoms with Gasteiger partial charge in [0.25, 0.3) is 0 Å². The molecule has 3 atom stereocenters. The smallest absolute Gasteiger partial charge is 0.0323 e. The maximum atomic E-state index is 3.73. The monoisotopic (exact) mass is 272 g/mol. The van der Waals surface area contributed by atoms with Crippen LogP contribution in [0.1, 0.15) is 56.2 Å². The Balaban J connectivity index is 1.76. The van der Waals surface area contributed by atoms with Gasteiger partial charge >= 0.3 is 0 Å². The fourth-order valence-electron chi connectivity index (χ4n) is 3.97. The summed E-state index contributed by atoms with van der Waals surface area (Å²) in [7, 11) is 0. The first-order valence-electron chi connectivity index (χ1n) is 8.31. The summed E-state index contributed by atoms with van der Waals surface area (Å²) >= 11 is 0. The molecule has 1 aromatic carbocycles. The molecule has 0 saturated carbocycles. The van der Waals surface area contributed by atoms with Crippen molar-refractivity contribution in [2.24, 2.45) is 0 Å². The minimum Gasteiger partial charge on any atom is -0.312 e. The number of benzene rings is 1. The average Bonchev–Trinajstić information content (AvgIpc) is 3.01. The second-order valence-electron chi connectivity index (χ2n) is 6.59. The van der Waals surface area contributed by atoms with Gasteiger partial charge < -0.3 is 5.32 Å². The van der Waals surface area contributed by atoms with Gasteiger partial charge in [-0.05, 0) is 58.2 Å². The van der Waals surface area contributed by atoms with Crippen LogP contribution in [-0.4, -0.2) is 30.1 Å². The van der Waals surface area contributed by atoms with E-state index in [-0.39, 0.29) is 0 Å². The topological polar surface area (TPSA) is 15.3 Å². The van der Waals surface area contributed by atoms with Crippen LogP contribution in [0.25, 0.3) is 0 Å². The molecule has 0 spiro atoms. The highest BCUT2D eigenvalue weighted by Gasteiger charge is 2.34. The molecule has 2 aliphatic heterocycles. The summed E-state index contributed by atoms with van der Waals surface area (Å²) in [5.74, 6) is 0. The highest BCUT2D eigenvalue weighted by molar-refractivity contribution is 5.24. The molecule has 1 N–H and O–H groups in total. The van der Waals surface area contributed by atoms with E-state index in [2.05, 4.69) is 48.3 Å². The van der Waals surface area contributed by atoms with E-state index in [1.54, 1.807) is 0 Å². The molecule has 2 fully saturated rings. The largest absolute Gasteiger partial charge is 0.312 e. The van der Waals surface area contributed by atoms with Crippen LogP contribution in [0.15, 0.2) is 24.3 Å². The number of likely N-dealkylation sites (tertiary alicyclic amines) is 1. The van der Waals surface area contributed by atoms with Gasteiger partial charge in [-0.25, -0.2) is 0 Å². The lowest BCUT2D eigenvalue weighted by molar-refractivity contribution is 0.0803. The summed E-state index contributed by atoms with van der Waals surface area (Å²) in [4.78, 5) is 2.76. The van der Waals surface area contributed by atoms with Crippen molar-refractivity contribution in [1.29, 1.82) is 0 Å². The van der Waals surface area contributed by atoms with E-state index in [9.17, 15) is 0 Å². The van der Waals surface area contributed by atoms with Crippen LogP contribution >= 0.6 is 0 Å². The molecule has 0 radical (unpaired) electrons. The maximum absolute atomic E-state index is 3.73. The number of rotatable bonds is 3. The second-order valence-corrected chi connectivity index (χ2v) is 6.59. The fourth-order valence-corrected chi connectivity index (χ4v) is 3.97. The number of piperidine rings is 1. The summed E-state index contributed by atoms with van der Waals surface area (Å²) in [6.07, 6.45) is 6.85. The van der Waals surface area contributed by atoms with E-state index in [0.717, 1.165) is 12.1 Å². The first kappa shape index (κ1) is 14.1. The minimum atomic E-state index is 0.545. The van der Waals surface area contributed by atoms with Crippen molar-refractivity contribution in [2.45, 2.75) is 64.1 Å². The van der Waals surface area contributed by atoms with Crippen molar-refractivity contribution in [3.05, 3.63) is 35.4 Å². The molecular weight excluding hydrogens is 244 g/mol. The third-order valence-corrected chi connectivity index (χ3v) is 5.21. The quantitative estimate of drug-likeness (QED) is 0.903. The van der Waals surface area contributed by atoms with Gasteiger partial charge in [-0.1, -0.05) is 36.2 Å². The standard InChI is InChI=1S/C18H28N2/c1-14-8-10-16(11-9-14)15(2)20-13-4-3-7-18(20)17-6-5-12-19-17/h8-11,15,17-19H,3-7,12-13H2,1-2H3. The predicted molar refractivity (Wildman–Crippen MR) is 85.0 cm³/mol. The Morgan fingerprint density at radius 2 is 1.90 bits per heavy atom. The molecule has 2 aliphatic rings. The Bertz CT molecular complexity index is 420. The zero-order chi connectivity index (χ0) is 13.9. The van der Waals surface area contributed by atoms with Crippen LogP contribution in [0.5, 0.6) is 0 Å². The molecule has 2 heteroatoms. The van der Waals surface area contributed by atoms with Gasteiger partial charge in [0.15, 0.2) is 0 Å². The predicted octanol–water partition coefficient (Wildman–Crippen LogP) is 3.66. The third-order valence-electron chi connectivity index (χ3n) is 5.21. The number of nitrogens with zero attached hydrogens (tertiary/aromatic N) is 1. The molecule has 0 aliphatic carbocycles. The van der Waals surface area contributed by atoms with Crippen molar-refractivity contribution >= 4 is 0 Å². The average molecular weight is 272 g/mol. The Morgan fingerprint density at radius 3 is 2.60 bits per heavy atom. The summed E-state index contributed by atoms with van der Waals surface area (Å²) in [5.41, 5.74) is 2.83. The van der Waals surface area contributed by atoms with Gasteiger partial charge in [0.1, 0.15) is 0 Å². The zero-order valence-corrected chi connectivity index (χ0v) is 12.9. The highest BCUT2D eigenvalue weighted by Crippen LogP contribution is 2.31. The molecule has 2 heterocycles. The number of nitrogens with one attached hydrogen (secondary N) is 1. The summed E-state index contributed by atoms with van der Waals surface area (Å²) < 4.78 is 0. The Hall–Kier alpha value is -0.860. The summed E-state index contributed by atoms with van der Waals surface area (Å²) in [6.45, 7) is 7.03. The molecule has 0 bridgehead atoms. The van der Waals surface area contributed by atoms with E-state index in [1.165, 1.54) is 56.3 Å². The third kappa shape index (κ3) is 2.91. The van der Waals surface area contributed by atoms with E-state index >= 15 is 0 Å². The summed E-state index contributed by atoms with van der Waals surface area (Å²) in [6, 6.07) is 11.1. The molecule has 0 amide bonds. The molecule has 3 unspecified atom stereocenters. The molecular formula is C18H28N2. The molecule has 2 nitrogen and oxygen atoms in total. The fraction of sp³-hybridized carbons (Fsp3) is 0.667. The van der Waals surface area contributed by atoms with Gasteiger partial charge in [-0.3, -0.25) is 4.90 Å². The molecule has 20 heavy (non-hydrogen) atoms. The van der Waals surface area contributed by atoms with Crippen molar-refractivity contribution < 1.29 is 0 Å². The van der Waals surface area contributed by atoms with Gasteiger partial charge in [0, 0.05) is 18.1 Å². The van der Waals surface area contributed by atoms with Crippen LogP contribution in [0.2, 0.25) is 0 Å². The van der Waals surface area contributed by atoms with Crippen LogP contribution in [0, 0.1) is 6.92 Å². The van der Waals surface area contributed by atoms with Crippen molar-refractivity contribution in [1.82, 2.24) is 10.2 Å². The SMILES string of the molecule is Cc1ccc(C(C)N2CCCCC2C2CCCN2)cc1. The lowest BCUT2D eigenvalue weighted by Gasteiger charge is -2.43. The molecule has 0 aromatic heterocycles. The van der Waals surface area contributed by atoms with E-state index in [1.807, 2.05) is 0 Å². The Morgan fingerprint density at radius 1 is 1.10 bits per heavy atom. The van der Waals surface area contributed by atoms with Crippen LogP contribution in [-0.2, 0) is 0 Å². The van der Waals surface area contributed by atoms with Gasteiger partial charge in [-0.15, -0.1) is 0 Å².